The standard InChI is InChI=1S/C13H16N2O2S3/c14-9-12-13(10-3-1-2-4-11(10)19-12)20(16,17)15-5-7-18-8-6-15/h1-4H,5-9,14H2. The molecule has 1 aliphatic heterocycles. The summed E-state index contributed by atoms with van der Waals surface area (Å²) in [6.45, 7) is 1.43. The van der Waals surface area contributed by atoms with Gasteiger partial charge < -0.3 is 5.73 Å². The number of rotatable bonds is 3. The third-order valence-corrected chi connectivity index (χ3v) is 7.66. The van der Waals surface area contributed by atoms with Crippen LogP contribution in [0.2, 0.25) is 0 Å². The second-order valence-corrected chi connectivity index (χ2v) is 8.81. The van der Waals surface area contributed by atoms with E-state index >= 15 is 0 Å². The molecule has 4 nitrogen and oxygen atoms in total. The van der Waals surface area contributed by atoms with Crippen molar-refractivity contribution in [2.24, 2.45) is 5.73 Å². The highest BCUT2D eigenvalue weighted by Crippen LogP contribution is 2.36. The van der Waals surface area contributed by atoms with Gasteiger partial charge in [-0.3, -0.25) is 0 Å². The van der Waals surface area contributed by atoms with Gasteiger partial charge in [-0.2, -0.15) is 16.1 Å². The van der Waals surface area contributed by atoms with E-state index in [1.807, 2.05) is 24.3 Å². The summed E-state index contributed by atoms with van der Waals surface area (Å²) >= 11 is 3.28. The number of fused-ring (bicyclic) bond motifs is 1. The molecular weight excluding hydrogens is 312 g/mol. The molecule has 1 fully saturated rings. The minimum Gasteiger partial charge on any atom is -0.326 e. The predicted molar refractivity (Wildman–Crippen MR) is 85.8 cm³/mol. The summed E-state index contributed by atoms with van der Waals surface area (Å²) in [5, 5.41) is 0.802. The summed E-state index contributed by atoms with van der Waals surface area (Å²) in [5.74, 6) is 1.72. The van der Waals surface area contributed by atoms with Crippen LogP contribution in [0.5, 0.6) is 0 Å². The number of benzene rings is 1. The first-order valence-electron chi connectivity index (χ1n) is 6.43. The molecule has 2 aromatic rings. The lowest BCUT2D eigenvalue weighted by atomic mass is 10.2. The first-order valence-corrected chi connectivity index (χ1v) is 9.84. The van der Waals surface area contributed by atoms with Crippen molar-refractivity contribution in [1.29, 1.82) is 0 Å². The molecule has 2 heterocycles. The number of hydrogen-bond acceptors (Lipinski definition) is 5. The van der Waals surface area contributed by atoms with Crippen LogP contribution in [0.4, 0.5) is 0 Å². The van der Waals surface area contributed by atoms with Gasteiger partial charge in [-0.25, -0.2) is 8.42 Å². The van der Waals surface area contributed by atoms with E-state index in [1.54, 1.807) is 16.1 Å². The Kier molecular flexibility index (Phi) is 4.05. The fraction of sp³-hybridized carbons (Fsp3) is 0.385. The van der Waals surface area contributed by atoms with E-state index in [0.29, 0.717) is 18.0 Å². The summed E-state index contributed by atoms with van der Waals surface area (Å²) < 4.78 is 28.4. The maximum Gasteiger partial charge on any atom is 0.244 e. The highest BCUT2D eigenvalue weighted by Gasteiger charge is 2.31. The minimum absolute atomic E-state index is 0.260. The van der Waals surface area contributed by atoms with Crippen LogP contribution in [0.15, 0.2) is 29.2 Å². The maximum atomic E-state index is 12.9. The fourth-order valence-corrected chi connectivity index (χ4v) is 6.77. The summed E-state index contributed by atoms with van der Waals surface area (Å²) in [6, 6.07) is 7.62. The number of thiophene rings is 1. The molecule has 1 aromatic heterocycles. The Morgan fingerprint density at radius 2 is 1.90 bits per heavy atom. The molecule has 0 bridgehead atoms. The van der Waals surface area contributed by atoms with Crippen molar-refractivity contribution in [2.75, 3.05) is 24.6 Å². The summed E-state index contributed by atoms with van der Waals surface area (Å²) in [7, 11) is -3.44. The molecule has 20 heavy (non-hydrogen) atoms. The molecule has 0 unspecified atom stereocenters. The van der Waals surface area contributed by atoms with Crippen LogP contribution in [0.1, 0.15) is 4.88 Å². The summed E-state index contributed by atoms with van der Waals surface area (Å²) in [4.78, 5) is 1.18. The van der Waals surface area contributed by atoms with Gasteiger partial charge in [-0.05, 0) is 6.07 Å². The largest absolute Gasteiger partial charge is 0.326 e. The second-order valence-electron chi connectivity index (χ2n) is 4.57. The molecular formula is C13H16N2O2S3. The Balaban J connectivity index is 2.17. The molecule has 0 radical (unpaired) electrons. The van der Waals surface area contributed by atoms with Crippen LogP contribution in [0, 0.1) is 0 Å². The van der Waals surface area contributed by atoms with Gasteiger partial charge in [0.25, 0.3) is 0 Å². The highest BCUT2D eigenvalue weighted by molar-refractivity contribution is 7.99. The molecule has 0 spiro atoms. The first-order chi connectivity index (χ1) is 9.64. The van der Waals surface area contributed by atoms with Crippen LogP contribution in [-0.4, -0.2) is 37.3 Å². The van der Waals surface area contributed by atoms with Gasteiger partial charge in [0.15, 0.2) is 0 Å². The molecule has 7 heteroatoms. The average molecular weight is 328 g/mol. The molecule has 0 saturated carbocycles. The van der Waals surface area contributed by atoms with Crippen LogP contribution in [-0.2, 0) is 16.6 Å². The zero-order valence-electron chi connectivity index (χ0n) is 10.9. The number of hydrogen-bond donors (Lipinski definition) is 1. The van der Waals surface area contributed by atoms with Crippen molar-refractivity contribution in [3.05, 3.63) is 29.1 Å². The van der Waals surface area contributed by atoms with E-state index in [1.165, 1.54) is 11.3 Å². The lowest BCUT2D eigenvalue weighted by molar-refractivity contribution is 0.444. The topological polar surface area (TPSA) is 63.4 Å². The normalized spacial score (nSPS) is 17.6. The van der Waals surface area contributed by atoms with Gasteiger partial charge in [0.1, 0.15) is 4.90 Å². The molecule has 0 amide bonds. The van der Waals surface area contributed by atoms with Crippen LogP contribution < -0.4 is 5.73 Å². The third-order valence-electron chi connectivity index (χ3n) is 3.37. The van der Waals surface area contributed by atoms with Crippen LogP contribution >= 0.6 is 23.1 Å². The highest BCUT2D eigenvalue weighted by atomic mass is 32.2. The van der Waals surface area contributed by atoms with E-state index in [9.17, 15) is 8.42 Å². The number of nitrogens with two attached hydrogens (primary N) is 1. The number of thioether (sulfide) groups is 1. The zero-order valence-corrected chi connectivity index (χ0v) is 13.4. The quantitative estimate of drug-likeness (QED) is 0.937. The van der Waals surface area contributed by atoms with Crippen molar-refractivity contribution in [3.63, 3.8) is 0 Å². The average Bonchev–Trinajstić information content (AvgIpc) is 2.87. The molecule has 1 aliphatic rings. The Bertz CT molecular complexity index is 718. The smallest absolute Gasteiger partial charge is 0.244 e. The monoisotopic (exact) mass is 328 g/mol. The Hall–Kier alpha value is -0.600. The van der Waals surface area contributed by atoms with Crippen LogP contribution in [0.3, 0.4) is 0 Å². The van der Waals surface area contributed by atoms with Crippen molar-refractivity contribution in [2.45, 2.75) is 11.4 Å². The fourth-order valence-electron chi connectivity index (χ4n) is 2.41. The molecule has 2 N–H and O–H groups in total. The van der Waals surface area contributed by atoms with Crippen molar-refractivity contribution in [3.8, 4) is 0 Å². The van der Waals surface area contributed by atoms with Gasteiger partial charge in [-0.15, -0.1) is 11.3 Å². The van der Waals surface area contributed by atoms with Gasteiger partial charge in [-0.1, -0.05) is 18.2 Å². The lowest BCUT2D eigenvalue weighted by Crippen LogP contribution is -2.38. The maximum absolute atomic E-state index is 12.9. The minimum atomic E-state index is -3.44. The zero-order chi connectivity index (χ0) is 14.2. The molecule has 0 atom stereocenters. The van der Waals surface area contributed by atoms with Gasteiger partial charge in [0, 0.05) is 46.1 Å². The molecule has 0 aliphatic carbocycles. The van der Waals surface area contributed by atoms with Crippen molar-refractivity contribution in [1.82, 2.24) is 4.31 Å². The first kappa shape index (κ1) is 14.3. The predicted octanol–water partition coefficient (Wildman–Crippen LogP) is 2.10. The summed E-state index contributed by atoms with van der Waals surface area (Å²) in [6.07, 6.45) is 0. The van der Waals surface area contributed by atoms with E-state index in [0.717, 1.165) is 26.5 Å². The molecule has 1 aromatic carbocycles. The van der Waals surface area contributed by atoms with Gasteiger partial charge in [0.05, 0.1) is 0 Å². The molecule has 3 rings (SSSR count). The van der Waals surface area contributed by atoms with Crippen molar-refractivity contribution < 1.29 is 8.42 Å². The van der Waals surface area contributed by atoms with E-state index in [2.05, 4.69) is 0 Å². The summed E-state index contributed by atoms with van der Waals surface area (Å²) in [5.41, 5.74) is 5.76. The van der Waals surface area contributed by atoms with E-state index < -0.39 is 10.0 Å². The molecule has 1 saturated heterocycles. The van der Waals surface area contributed by atoms with Gasteiger partial charge >= 0.3 is 0 Å². The second kappa shape index (κ2) is 5.65. The molecule has 108 valence electrons. The Morgan fingerprint density at radius 3 is 2.60 bits per heavy atom. The number of sulfonamides is 1. The van der Waals surface area contributed by atoms with Crippen molar-refractivity contribution >= 4 is 43.2 Å². The van der Waals surface area contributed by atoms with Crippen LogP contribution in [0.25, 0.3) is 10.1 Å². The van der Waals surface area contributed by atoms with Gasteiger partial charge in [0.2, 0.25) is 10.0 Å². The Morgan fingerprint density at radius 1 is 1.20 bits per heavy atom. The third kappa shape index (κ3) is 2.37. The SMILES string of the molecule is NCc1sc2ccccc2c1S(=O)(=O)N1CCSCC1. The van der Waals surface area contributed by atoms with E-state index in [-0.39, 0.29) is 6.54 Å². The number of nitrogens with zero attached hydrogens (tertiary/aromatic N) is 1. The Labute approximate surface area is 127 Å². The van der Waals surface area contributed by atoms with E-state index in [4.69, 9.17) is 5.73 Å². The lowest BCUT2D eigenvalue weighted by Gasteiger charge is -2.25.